The van der Waals surface area contributed by atoms with Gasteiger partial charge in [-0.1, -0.05) is 6.92 Å². The van der Waals surface area contributed by atoms with E-state index in [1.165, 1.54) is 0 Å². The summed E-state index contributed by atoms with van der Waals surface area (Å²) in [5, 5.41) is 0. The standard InChI is InChI=1S/C11H20NO3P/c1-5-10-8-12-11(9(10)4)16(13,14-6-2)15-7-3/h8,12H,5-7H2,1-4H3. The normalized spacial score (nSPS) is 12.0. The van der Waals surface area contributed by atoms with Gasteiger partial charge >= 0.3 is 7.60 Å². The van der Waals surface area contributed by atoms with E-state index in [-0.39, 0.29) is 0 Å². The molecule has 1 aromatic rings. The average molecular weight is 245 g/mol. The smallest absolute Gasteiger partial charge is 0.355 e. The Bertz CT molecular complexity index is 377. The minimum atomic E-state index is -3.16. The second-order valence-electron chi connectivity index (χ2n) is 3.47. The zero-order valence-corrected chi connectivity index (χ0v) is 11.3. The second-order valence-corrected chi connectivity index (χ2v) is 5.43. The van der Waals surface area contributed by atoms with Crippen molar-refractivity contribution in [2.45, 2.75) is 34.1 Å². The van der Waals surface area contributed by atoms with Gasteiger partial charge in [0.15, 0.2) is 0 Å². The molecule has 0 unspecified atom stereocenters. The van der Waals surface area contributed by atoms with Crippen molar-refractivity contribution in [3.8, 4) is 0 Å². The number of aromatic amines is 1. The molecule has 0 saturated heterocycles. The molecule has 0 bridgehead atoms. The summed E-state index contributed by atoms with van der Waals surface area (Å²) in [6.45, 7) is 8.37. The molecule has 0 spiro atoms. The number of rotatable bonds is 6. The SMILES string of the molecule is CCOP(=O)(OCC)c1[nH]cc(CC)c1C. The third-order valence-corrected chi connectivity index (χ3v) is 4.68. The van der Waals surface area contributed by atoms with Gasteiger partial charge in [-0.15, -0.1) is 0 Å². The minimum Gasteiger partial charge on any atom is -0.355 e. The Morgan fingerprint density at radius 3 is 2.19 bits per heavy atom. The van der Waals surface area contributed by atoms with Crippen molar-refractivity contribution >= 4 is 13.0 Å². The van der Waals surface area contributed by atoms with E-state index in [4.69, 9.17) is 9.05 Å². The number of H-pyrrole nitrogens is 1. The lowest BCUT2D eigenvalue weighted by Crippen LogP contribution is -2.14. The first kappa shape index (κ1) is 13.5. The van der Waals surface area contributed by atoms with E-state index in [0.717, 1.165) is 17.5 Å². The number of hydrogen-bond acceptors (Lipinski definition) is 3. The van der Waals surface area contributed by atoms with Crippen molar-refractivity contribution in [1.82, 2.24) is 4.98 Å². The number of nitrogens with one attached hydrogen (secondary N) is 1. The van der Waals surface area contributed by atoms with E-state index in [9.17, 15) is 4.57 Å². The van der Waals surface area contributed by atoms with Crippen LogP contribution in [-0.2, 0) is 20.0 Å². The molecule has 1 aromatic heterocycles. The van der Waals surface area contributed by atoms with Gasteiger partial charge in [-0.3, -0.25) is 4.57 Å². The molecule has 0 saturated carbocycles. The van der Waals surface area contributed by atoms with Crippen LogP contribution in [0.5, 0.6) is 0 Å². The lowest BCUT2D eigenvalue weighted by Gasteiger charge is -2.16. The summed E-state index contributed by atoms with van der Waals surface area (Å²) in [7, 11) is -3.16. The van der Waals surface area contributed by atoms with Crippen LogP contribution in [-0.4, -0.2) is 18.2 Å². The van der Waals surface area contributed by atoms with Gasteiger partial charge in [0, 0.05) is 6.20 Å². The third-order valence-electron chi connectivity index (χ3n) is 2.47. The van der Waals surface area contributed by atoms with Gasteiger partial charge in [-0.2, -0.15) is 0 Å². The summed E-state index contributed by atoms with van der Waals surface area (Å²) in [6.07, 6.45) is 2.77. The fraction of sp³-hybridized carbons (Fsp3) is 0.636. The molecule has 0 aliphatic rings. The van der Waals surface area contributed by atoms with Gasteiger partial charge in [-0.05, 0) is 38.3 Å². The van der Waals surface area contributed by atoms with Crippen molar-refractivity contribution in [2.75, 3.05) is 13.2 Å². The summed E-state index contributed by atoms with van der Waals surface area (Å²) in [5.74, 6) is 0. The molecule has 0 fully saturated rings. The first-order valence-corrected chi connectivity index (χ1v) is 7.19. The molecular weight excluding hydrogens is 225 g/mol. The average Bonchev–Trinajstić information content (AvgIpc) is 2.60. The Hall–Kier alpha value is -0.570. The lowest BCUT2D eigenvalue weighted by atomic mass is 10.2. The van der Waals surface area contributed by atoms with Gasteiger partial charge in [-0.25, -0.2) is 0 Å². The molecule has 1 rings (SSSR count). The highest BCUT2D eigenvalue weighted by Crippen LogP contribution is 2.47. The van der Waals surface area contributed by atoms with Crippen molar-refractivity contribution < 1.29 is 13.6 Å². The Morgan fingerprint density at radius 2 is 1.81 bits per heavy atom. The molecule has 0 aliphatic carbocycles. The zero-order chi connectivity index (χ0) is 12.2. The molecule has 0 aliphatic heterocycles. The summed E-state index contributed by atoms with van der Waals surface area (Å²) in [6, 6.07) is 0. The molecule has 5 heteroatoms. The first-order valence-electron chi connectivity index (χ1n) is 5.65. The summed E-state index contributed by atoms with van der Waals surface area (Å²) >= 11 is 0. The predicted octanol–water partition coefficient (Wildman–Crippen LogP) is 2.78. The number of aryl methyl sites for hydroxylation is 1. The molecule has 1 N–H and O–H groups in total. The van der Waals surface area contributed by atoms with Gasteiger partial charge < -0.3 is 14.0 Å². The van der Waals surface area contributed by atoms with Gasteiger partial charge in [0.25, 0.3) is 0 Å². The van der Waals surface area contributed by atoms with Gasteiger partial charge in [0.05, 0.1) is 13.2 Å². The monoisotopic (exact) mass is 245 g/mol. The van der Waals surface area contributed by atoms with Crippen LogP contribution in [0.25, 0.3) is 0 Å². The van der Waals surface area contributed by atoms with Crippen LogP contribution in [0.3, 0.4) is 0 Å². The Balaban J connectivity index is 3.11. The van der Waals surface area contributed by atoms with Crippen LogP contribution in [0.4, 0.5) is 0 Å². The van der Waals surface area contributed by atoms with Gasteiger partial charge in [0.2, 0.25) is 0 Å². The van der Waals surface area contributed by atoms with Crippen LogP contribution >= 0.6 is 7.60 Å². The van der Waals surface area contributed by atoms with E-state index >= 15 is 0 Å². The molecule has 0 amide bonds. The molecule has 0 aromatic carbocycles. The van der Waals surface area contributed by atoms with Crippen molar-refractivity contribution in [3.63, 3.8) is 0 Å². The quantitative estimate of drug-likeness (QED) is 0.784. The summed E-state index contributed by atoms with van der Waals surface area (Å²) in [4.78, 5) is 3.02. The highest BCUT2D eigenvalue weighted by Gasteiger charge is 2.30. The van der Waals surface area contributed by atoms with Crippen LogP contribution in [0.2, 0.25) is 0 Å². The van der Waals surface area contributed by atoms with Crippen molar-refractivity contribution in [1.29, 1.82) is 0 Å². The maximum absolute atomic E-state index is 12.5. The summed E-state index contributed by atoms with van der Waals surface area (Å²) < 4.78 is 23.1. The Kier molecular flexibility index (Phi) is 4.78. The highest BCUT2D eigenvalue weighted by atomic mass is 31.2. The number of aromatic nitrogens is 1. The maximum Gasteiger partial charge on any atom is 0.377 e. The molecular formula is C11H20NO3P. The van der Waals surface area contributed by atoms with Crippen molar-refractivity contribution in [2.24, 2.45) is 0 Å². The Morgan fingerprint density at radius 1 is 1.25 bits per heavy atom. The van der Waals surface area contributed by atoms with E-state index < -0.39 is 7.60 Å². The van der Waals surface area contributed by atoms with E-state index in [1.807, 2.05) is 27.0 Å². The lowest BCUT2D eigenvalue weighted by molar-refractivity contribution is 0.229. The fourth-order valence-electron chi connectivity index (χ4n) is 1.68. The van der Waals surface area contributed by atoms with Crippen molar-refractivity contribution in [3.05, 3.63) is 17.3 Å². The van der Waals surface area contributed by atoms with Gasteiger partial charge in [0.1, 0.15) is 5.44 Å². The van der Waals surface area contributed by atoms with Crippen LogP contribution in [0.1, 0.15) is 31.9 Å². The molecule has 16 heavy (non-hydrogen) atoms. The fourth-order valence-corrected chi connectivity index (χ4v) is 3.47. The zero-order valence-electron chi connectivity index (χ0n) is 10.4. The molecule has 0 radical (unpaired) electrons. The maximum atomic E-state index is 12.5. The predicted molar refractivity (Wildman–Crippen MR) is 65.4 cm³/mol. The largest absolute Gasteiger partial charge is 0.377 e. The first-order chi connectivity index (χ1) is 7.59. The second kappa shape index (κ2) is 5.67. The molecule has 92 valence electrons. The van der Waals surface area contributed by atoms with Crippen LogP contribution in [0.15, 0.2) is 6.20 Å². The number of hydrogen-bond donors (Lipinski definition) is 1. The summed E-state index contributed by atoms with van der Waals surface area (Å²) in [5.41, 5.74) is 2.72. The van der Waals surface area contributed by atoms with Crippen LogP contribution < -0.4 is 5.44 Å². The van der Waals surface area contributed by atoms with E-state index in [1.54, 1.807) is 0 Å². The Labute approximate surface area is 96.9 Å². The van der Waals surface area contributed by atoms with Crippen LogP contribution in [0, 0.1) is 6.92 Å². The molecule has 0 atom stereocenters. The molecule has 1 heterocycles. The highest BCUT2D eigenvalue weighted by molar-refractivity contribution is 7.62. The third kappa shape index (κ3) is 2.57. The topological polar surface area (TPSA) is 51.3 Å². The molecule has 4 nitrogen and oxygen atoms in total. The van der Waals surface area contributed by atoms with E-state index in [0.29, 0.717) is 18.6 Å². The van der Waals surface area contributed by atoms with E-state index in [2.05, 4.69) is 11.9 Å². The minimum absolute atomic E-state index is 0.372.